The van der Waals surface area contributed by atoms with Gasteiger partial charge in [-0.2, -0.15) is 5.26 Å². The summed E-state index contributed by atoms with van der Waals surface area (Å²) in [4.78, 5) is 11.2. The summed E-state index contributed by atoms with van der Waals surface area (Å²) in [7, 11) is 1.51. The Hall–Kier alpha value is -1.34. The van der Waals surface area contributed by atoms with Gasteiger partial charge in [0.25, 0.3) is 0 Å². The van der Waals surface area contributed by atoms with Gasteiger partial charge in [0.15, 0.2) is 5.78 Å². The molecule has 0 bridgehead atoms. The van der Waals surface area contributed by atoms with Crippen molar-refractivity contribution in [2.45, 2.75) is 12.8 Å². The summed E-state index contributed by atoms with van der Waals surface area (Å²) in [6, 6.07) is 7.21. The van der Waals surface area contributed by atoms with Crippen molar-refractivity contribution in [1.29, 1.82) is 5.26 Å². The van der Waals surface area contributed by atoms with Crippen molar-refractivity contribution in [1.82, 2.24) is 0 Å². The highest BCUT2D eigenvalue weighted by Gasteiger charge is 2.19. The highest BCUT2D eigenvalue weighted by atomic mass is 79.9. The normalized spacial score (nSPS) is 11.6. The Bertz CT molecular complexity index is 423. The molecule has 0 aliphatic carbocycles. The van der Waals surface area contributed by atoms with Gasteiger partial charge in [-0.1, -0.05) is 22.0 Å². The summed E-state index contributed by atoms with van der Waals surface area (Å²) in [6.07, 6.45) is 0. The number of hydrogen-bond donors (Lipinski definition) is 0. The van der Waals surface area contributed by atoms with Crippen molar-refractivity contribution < 1.29 is 9.53 Å². The van der Waals surface area contributed by atoms with Crippen LogP contribution < -0.4 is 4.74 Å². The minimum Gasteiger partial charge on any atom is -0.496 e. The summed E-state index contributed by atoms with van der Waals surface area (Å²) in [5.41, 5.74) is 0.607. The maximum absolute atomic E-state index is 11.2. The first kappa shape index (κ1) is 11.7. The number of benzene rings is 1. The van der Waals surface area contributed by atoms with E-state index in [4.69, 9.17) is 10.00 Å². The molecule has 1 aromatic carbocycles. The largest absolute Gasteiger partial charge is 0.496 e. The average Bonchev–Trinajstić information content (AvgIpc) is 2.20. The molecule has 0 saturated carbocycles. The molecule has 0 amide bonds. The zero-order valence-electron chi connectivity index (χ0n) is 8.45. The monoisotopic (exact) mass is 267 g/mol. The lowest BCUT2D eigenvalue weighted by atomic mass is 9.96. The Morgan fingerprint density at radius 1 is 1.60 bits per heavy atom. The minimum absolute atomic E-state index is 0.182. The van der Waals surface area contributed by atoms with Crippen molar-refractivity contribution in [3.8, 4) is 11.8 Å². The molecule has 4 heteroatoms. The number of hydrogen-bond acceptors (Lipinski definition) is 3. The van der Waals surface area contributed by atoms with Crippen LogP contribution in [0.5, 0.6) is 5.75 Å². The molecule has 0 aromatic heterocycles. The Labute approximate surface area is 96.8 Å². The van der Waals surface area contributed by atoms with Crippen LogP contribution in [0.1, 0.15) is 18.4 Å². The van der Waals surface area contributed by atoms with Crippen LogP contribution in [0.4, 0.5) is 0 Å². The van der Waals surface area contributed by atoms with E-state index in [0.717, 1.165) is 4.47 Å². The van der Waals surface area contributed by atoms with Gasteiger partial charge >= 0.3 is 0 Å². The van der Waals surface area contributed by atoms with Gasteiger partial charge in [-0.3, -0.25) is 4.79 Å². The number of ketones is 1. The quantitative estimate of drug-likeness (QED) is 0.846. The molecule has 0 spiro atoms. The number of carbonyl (C=O) groups is 1. The lowest BCUT2D eigenvalue weighted by Crippen LogP contribution is -2.07. The molecule has 0 radical (unpaired) electrons. The van der Waals surface area contributed by atoms with Crippen LogP contribution >= 0.6 is 15.9 Å². The Morgan fingerprint density at radius 3 is 2.73 bits per heavy atom. The molecule has 0 fully saturated rings. The number of carbonyl (C=O) groups excluding carboxylic acids is 1. The van der Waals surface area contributed by atoms with Crippen molar-refractivity contribution in [2.75, 3.05) is 7.11 Å². The van der Waals surface area contributed by atoms with E-state index in [1.165, 1.54) is 14.0 Å². The Kier molecular flexibility index (Phi) is 3.87. The van der Waals surface area contributed by atoms with Crippen LogP contribution in [0.15, 0.2) is 22.7 Å². The second-order valence-electron chi connectivity index (χ2n) is 3.06. The topological polar surface area (TPSA) is 50.1 Å². The number of methoxy groups -OCH3 is 1. The highest BCUT2D eigenvalue weighted by Crippen LogP contribution is 2.29. The standard InChI is InChI=1S/C11H10BrNO2/c1-7(14)10(6-13)9-4-3-8(12)5-11(9)15-2/h3-5,10H,1-2H3. The molecular formula is C11H10BrNO2. The molecule has 0 aliphatic rings. The van der Waals surface area contributed by atoms with Gasteiger partial charge in [0, 0.05) is 10.0 Å². The van der Waals surface area contributed by atoms with Crippen LogP contribution in [0.3, 0.4) is 0 Å². The Morgan fingerprint density at radius 2 is 2.27 bits per heavy atom. The van der Waals surface area contributed by atoms with E-state index in [-0.39, 0.29) is 5.78 Å². The van der Waals surface area contributed by atoms with Crippen molar-refractivity contribution >= 4 is 21.7 Å². The van der Waals surface area contributed by atoms with E-state index in [1.807, 2.05) is 6.07 Å². The van der Waals surface area contributed by atoms with Crippen molar-refractivity contribution in [2.24, 2.45) is 0 Å². The van der Waals surface area contributed by atoms with Gasteiger partial charge in [-0.25, -0.2) is 0 Å². The number of ether oxygens (including phenoxy) is 1. The van der Waals surface area contributed by atoms with E-state index in [9.17, 15) is 4.79 Å². The molecule has 0 N–H and O–H groups in total. The average molecular weight is 268 g/mol. The van der Waals surface area contributed by atoms with Gasteiger partial charge in [0.05, 0.1) is 13.2 Å². The zero-order valence-corrected chi connectivity index (χ0v) is 10.0. The van der Waals surface area contributed by atoms with Gasteiger partial charge in [0.1, 0.15) is 11.7 Å². The van der Waals surface area contributed by atoms with Crippen LogP contribution in [0, 0.1) is 11.3 Å². The molecule has 15 heavy (non-hydrogen) atoms. The van der Waals surface area contributed by atoms with Crippen LogP contribution in [0.2, 0.25) is 0 Å². The number of nitriles is 1. The smallest absolute Gasteiger partial charge is 0.151 e. The lowest BCUT2D eigenvalue weighted by Gasteiger charge is -2.11. The van der Waals surface area contributed by atoms with Crippen LogP contribution in [0.25, 0.3) is 0 Å². The SMILES string of the molecule is COc1cc(Br)ccc1C(C#N)C(C)=O. The molecule has 1 atom stereocenters. The van der Waals surface area contributed by atoms with E-state index in [2.05, 4.69) is 15.9 Å². The third kappa shape index (κ3) is 2.57. The first-order valence-corrected chi connectivity index (χ1v) is 5.13. The highest BCUT2D eigenvalue weighted by molar-refractivity contribution is 9.10. The summed E-state index contributed by atoms with van der Waals surface area (Å²) in [5.74, 6) is -0.391. The third-order valence-electron chi connectivity index (χ3n) is 2.04. The van der Waals surface area contributed by atoms with Gasteiger partial charge in [-0.15, -0.1) is 0 Å². The third-order valence-corrected chi connectivity index (χ3v) is 2.54. The molecule has 78 valence electrons. The molecular weight excluding hydrogens is 258 g/mol. The van der Waals surface area contributed by atoms with Gasteiger partial charge in [0.2, 0.25) is 0 Å². The first-order valence-electron chi connectivity index (χ1n) is 4.33. The summed E-state index contributed by atoms with van der Waals surface area (Å²) in [6.45, 7) is 1.40. The fourth-order valence-electron chi connectivity index (χ4n) is 1.30. The maximum Gasteiger partial charge on any atom is 0.151 e. The zero-order chi connectivity index (χ0) is 11.4. The van der Waals surface area contributed by atoms with Gasteiger partial charge < -0.3 is 4.74 Å². The van der Waals surface area contributed by atoms with Crippen molar-refractivity contribution in [3.05, 3.63) is 28.2 Å². The maximum atomic E-state index is 11.2. The van der Waals surface area contributed by atoms with Crippen LogP contribution in [-0.2, 0) is 4.79 Å². The number of nitrogens with zero attached hydrogens (tertiary/aromatic N) is 1. The summed E-state index contributed by atoms with van der Waals surface area (Å²) < 4.78 is 5.98. The number of rotatable bonds is 3. The molecule has 3 nitrogen and oxygen atoms in total. The van der Waals surface area contributed by atoms with E-state index >= 15 is 0 Å². The molecule has 0 aliphatic heterocycles. The van der Waals surface area contributed by atoms with E-state index in [1.54, 1.807) is 18.2 Å². The summed E-state index contributed by atoms with van der Waals surface area (Å²) in [5, 5.41) is 8.90. The minimum atomic E-state index is -0.756. The summed E-state index contributed by atoms with van der Waals surface area (Å²) >= 11 is 3.30. The van der Waals surface area contributed by atoms with E-state index < -0.39 is 5.92 Å². The predicted octanol–water partition coefficient (Wildman–Crippen LogP) is 2.65. The molecule has 0 saturated heterocycles. The molecule has 1 rings (SSSR count). The van der Waals surface area contributed by atoms with Gasteiger partial charge in [-0.05, 0) is 19.1 Å². The first-order chi connectivity index (χ1) is 7.10. The molecule has 1 aromatic rings. The Balaban J connectivity index is 3.24. The molecule has 1 unspecified atom stereocenters. The van der Waals surface area contributed by atoms with Crippen molar-refractivity contribution in [3.63, 3.8) is 0 Å². The van der Waals surface area contributed by atoms with Crippen LogP contribution in [-0.4, -0.2) is 12.9 Å². The second kappa shape index (κ2) is 4.94. The second-order valence-corrected chi connectivity index (χ2v) is 3.97. The fourth-order valence-corrected chi connectivity index (χ4v) is 1.64. The molecule has 0 heterocycles. The predicted molar refractivity (Wildman–Crippen MR) is 59.7 cm³/mol. The fraction of sp³-hybridized carbons (Fsp3) is 0.273. The lowest BCUT2D eigenvalue weighted by molar-refractivity contribution is -0.117. The number of halogens is 1. The van der Waals surface area contributed by atoms with E-state index in [0.29, 0.717) is 11.3 Å². The number of Topliss-reactive ketones (excluding diaryl/α,β-unsaturated/α-hetero) is 1.